The quantitative estimate of drug-likeness (QED) is 0.738. The second kappa shape index (κ2) is 7.64. The second-order valence-corrected chi connectivity index (χ2v) is 5.58. The van der Waals surface area contributed by atoms with Crippen molar-refractivity contribution in [2.75, 3.05) is 13.2 Å². The van der Waals surface area contributed by atoms with E-state index in [2.05, 4.69) is 27.3 Å². The lowest BCUT2D eigenvalue weighted by Crippen LogP contribution is -2.16. The molecule has 1 saturated carbocycles. The molecule has 0 bridgehead atoms. The van der Waals surface area contributed by atoms with E-state index in [9.17, 15) is 4.79 Å². The largest absolute Gasteiger partial charge is 0.492 e. The van der Waals surface area contributed by atoms with E-state index in [1.165, 1.54) is 18.4 Å². The first-order valence-corrected chi connectivity index (χ1v) is 7.79. The van der Waals surface area contributed by atoms with Gasteiger partial charge in [-0.1, -0.05) is 12.1 Å². The summed E-state index contributed by atoms with van der Waals surface area (Å²) in [4.78, 5) is 11.2. The van der Waals surface area contributed by atoms with Gasteiger partial charge in [-0.15, -0.1) is 0 Å². The number of hydrogen-bond acceptors (Lipinski definition) is 4. The molecule has 1 aliphatic rings. The minimum absolute atomic E-state index is 0.227. The molecule has 1 aromatic rings. The number of hydrogen-bond donors (Lipinski definition) is 1. The summed E-state index contributed by atoms with van der Waals surface area (Å²) < 4.78 is 11.5. The van der Waals surface area contributed by atoms with Crippen LogP contribution >= 0.6 is 15.9 Å². The van der Waals surface area contributed by atoms with Crippen molar-refractivity contribution in [1.29, 1.82) is 0 Å². The van der Waals surface area contributed by atoms with E-state index < -0.39 is 0 Å². The van der Waals surface area contributed by atoms with Crippen LogP contribution in [-0.4, -0.2) is 25.2 Å². The van der Waals surface area contributed by atoms with Crippen LogP contribution in [-0.2, 0) is 16.1 Å². The van der Waals surface area contributed by atoms with Gasteiger partial charge in [0.05, 0.1) is 24.1 Å². The van der Waals surface area contributed by atoms with Crippen molar-refractivity contribution in [3.63, 3.8) is 0 Å². The molecule has 5 heteroatoms. The Bertz CT molecular complexity index is 460. The van der Waals surface area contributed by atoms with Gasteiger partial charge in [0.25, 0.3) is 0 Å². The van der Waals surface area contributed by atoms with E-state index >= 15 is 0 Å². The third-order valence-electron chi connectivity index (χ3n) is 3.07. The summed E-state index contributed by atoms with van der Waals surface area (Å²) in [6.45, 7) is 3.37. The summed E-state index contributed by atoms with van der Waals surface area (Å²) in [5, 5.41) is 3.47. The Morgan fingerprint density at radius 1 is 1.45 bits per heavy atom. The molecule has 1 N–H and O–H groups in total. The Labute approximate surface area is 128 Å². The third-order valence-corrected chi connectivity index (χ3v) is 3.97. The summed E-state index contributed by atoms with van der Waals surface area (Å²) in [5.41, 5.74) is 1.17. The number of ether oxygens (including phenoxy) is 2. The number of benzene rings is 1. The van der Waals surface area contributed by atoms with Gasteiger partial charge in [0, 0.05) is 12.6 Å². The van der Waals surface area contributed by atoms with E-state index in [0.29, 0.717) is 19.3 Å². The van der Waals surface area contributed by atoms with Gasteiger partial charge in [-0.2, -0.15) is 0 Å². The van der Waals surface area contributed by atoms with Crippen LogP contribution in [0.5, 0.6) is 5.75 Å². The van der Waals surface area contributed by atoms with Gasteiger partial charge in [0.15, 0.2) is 0 Å². The number of halogens is 1. The molecule has 110 valence electrons. The standard InChI is InChI=1S/C15H20BrNO3/c1-2-19-14(18)8-9-20-13-5-3-4-11(15(13)16)10-17-12-6-7-12/h3-5,12,17H,2,6-10H2,1H3. The average molecular weight is 342 g/mol. The Morgan fingerprint density at radius 2 is 2.25 bits per heavy atom. The molecule has 0 amide bonds. The van der Waals surface area contributed by atoms with Gasteiger partial charge in [-0.05, 0) is 47.3 Å². The number of esters is 1. The molecule has 1 fully saturated rings. The van der Waals surface area contributed by atoms with Crippen molar-refractivity contribution in [1.82, 2.24) is 5.32 Å². The van der Waals surface area contributed by atoms with Crippen LogP contribution in [0.15, 0.2) is 22.7 Å². The molecule has 0 radical (unpaired) electrons. The van der Waals surface area contributed by atoms with Gasteiger partial charge >= 0.3 is 5.97 Å². The van der Waals surface area contributed by atoms with Crippen LogP contribution in [0.25, 0.3) is 0 Å². The number of carbonyl (C=O) groups is 1. The first kappa shape index (κ1) is 15.3. The van der Waals surface area contributed by atoms with E-state index in [-0.39, 0.29) is 12.4 Å². The molecule has 0 atom stereocenters. The summed E-state index contributed by atoms with van der Waals surface area (Å²) in [5.74, 6) is 0.541. The normalized spacial score (nSPS) is 14.1. The summed E-state index contributed by atoms with van der Waals surface area (Å²) in [6, 6.07) is 6.61. The predicted molar refractivity (Wildman–Crippen MR) is 80.7 cm³/mol. The maximum absolute atomic E-state index is 11.2. The highest BCUT2D eigenvalue weighted by Gasteiger charge is 2.20. The molecule has 20 heavy (non-hydrogen) atoms. The van der Waals surface area contributed by atoms with Crippen molar-refractivity contribution in [3.8, 4) is 5.75 Å². The van der Waals surface area contributed by atoms with Gasteiger partial charge < -0.3 is 14.8 Å². The summed E-state index contributed by atoms with van der Waals surface area (Å²) in [7, 11) is 0. The first-order valence-electron chi connectivity index (χ1n) is 7.00. The topological polar surface area (TPSA) is 47.6 Å². The van der Waals surface area contributed by atoms with Crippen LogP contribution in [0.1, 0.15) is 31.7 Å². The Morgan fingerprint density at radius 3 is 2.95 bits per heavy atom. The molecule has 0 heterocycles. The Kier molecular flexibility index (Phi) is 5.86. The first-order chi connectivity index (χ1) is 9.70. The molecule has 1 aliphatic carbocycles. The zero-order valence-electron chi connectivity index (χ0n) is 11.7. The van der Waals surface area contributed by atoms with Gasteiger partial charge in [0.2, 0.25) is 0 Å². The fraction of sp³-hybridized carbons (Fsp3) is 0.533. The Balaban J connectivity index is 1.83. The molecule has 4 nitrogen and oxygen atoms in total. The zero-order chi connectivity index (χ0) is 14.4. The number of rotatable bonds is 8. The fourth-order valence-corrected chi connectivity index (χ4v) is 2.34. The van der Waals surface area contributed by atoms with Crippen molar-refractivity contribution < 1.29 is 14.3 Å². The van der Waals surface area contributed by atoms with Crippen molar-refractivity contribution in [2.45, 2.75) is 38.8 Å². The molecule has 0 aromatic heterocycles. The van der Waals surface area contributed by atoms with Gasteiger partial charge in [-0.25, -0.2) is 0 Å². The maximum atomic E-state index is 11.2. The van der Waals surface area contributed by atoms with Gasteiger partial charge in [-0.3, -0.25) is 4.79 Å². The molecule has 0 saturated heterocycles. The second-order valence-electron chi connectivity index (χ2n) is 4.79. The minimum Gasteiger partial charge on any atom is -0.492 e. The summed E-state index contributed by atoms with van der Waals surface area (Å²) >= 11 is 3.57. The van der Waals surface area contributed by atoms with E-state index in [1.54, 1.807) is 6.92 Å². The molecule has 0 unspecified atom stereocenters. The molecule has 2 rings (SSSR count). The van der Waals surface area contributed by atoms with Crippen molar-refractivity contribution in [2.24, 2.45) is 0 Å². The highest BCUT2D eigenvalue weighted by Crippen LogP contribution is 2.29. The predicted octanol–water partition coefficient (Wildman–Crippen LogP) is 3.03. The van der Waals surface area contributed by atoms with Crippen LogP contribution in [0.4, 0.5) is 0 Å². The number of carbonyl (C=O) groups excluding carboxylic acids is 1. The van der Waals surface area contributed by atoms with Crippen LogP contribution in [0, 0.1) is 0 Å². The average Bonchev–Trinajstić information content (AvgIpc) is 3.24. The van der Waals surface area contributed by atoms with Gasteiger partial charge in [0.1, 0.15) is 5.75 Å². The lowest BCUT2D eigenvalue weighted by atomic mass is 10.2. The monoisotopic (exact) mass is 341 g/mol. The van der Waals surface area contributed by atoms with E-state index in [0.717, 1.165) is 16.8 Å². The SMILES string of the molecule is CCOC(=O)CCOc1cccc(CNC2CC2)c1Br. The van der Waals surface area contributed by atoms with E-state index in [4.69, 9.17) is 9.47 Å². The lowest BCUT2D eigenvalue weighted by Gasteiger charge is -2.12. The van der Waals surface area contributed by atoms with Crippen LogP contribution in [0.3, 0.4) is 0 Å². The molecule has 0 spiro atoms. The molecular formula is C15H20BrNO3. The highest BCUT2D eigenvalue weighted by atomic mass is 79.9. The highest BCUT2D eigenvalue weighted by molar-refractivity contribution is 9.10. The minimum atomic E-state index is -0.227. The smallest absolute Gasteiger partial charge is 0.309 e. The maximum Gasteiger partial charge on any atom is 0.309 e. The fourth-order valence-electron chi connectivity index (χ4n) is 1.82. The zero-order valence-corrected chi connectivity index (χ0v) is 13.2. The van der Waals surface area contributed by atoms with Crippen LogP contribution in [0.2, 0.25) is 0 Å². The molecular weight excluding hydrogens is 322 g/mol. The van der Waals surface area contributed by atoms with Crippen molar-refractivity contribution in [3.05, 3.63) is 28.2 Å². The Hall–Kier alpha value is -1.07. The number of nitrogens with one attached hydrogen (secondary N) is 1. The molecule has 0 aliphatic heterocycles. The lowest BCUT2D eigenvalue weighted by molar-refractivity contribution is -0.143. The van der Waals surface area contributed by atoms with E-state index in [1.807, 2.05) is 12.1 Å². The van der Waals surface area contributed by atoms with Crippen LogP contribution < -0.4 is 10.1 Å². The molecule has 1 aromatic carbocycles. The summed E-state index contributed by atoms with van der Waals surface area (Å²) in [6.07, 6.45) is 2.81. The van der Waals surface area contributed by atoms with Crippen molar-refractivity contribution >= 4 is 21.9 Å². The third kappa shape index (κ3) is 4.80.